The number of halogens is 1. The molecule has 7 nitrogen and oxygen atoms in total. The second-order valence-corrected chi connectivity index (χ2v) is 8.34. The Morgan fingerprint density at radius 1 is 1.36 bits per heavy atom. The fourth-order valence-electron chi connectivity index (χ4n) is 3.54. The van der Waals surface area contributed by atoms with Crippen LogP contribution in [0.1, 0.15) is 18.2 Å². The number of aryl methyl sites for hydroxylation is 1. The minimum absolute atomic E-state index is 0.0109. The van der Waals surface area contributed by atoms with Crippen molar-refractivity contribution >= 4 is 45.5 Å². The molecule has 2 N–H and O–H groups in total. The van der Waals surface area contributed by atoms with E-state index in [1.165, 1.54) is 14.8 Å². The van der Waals surface area contributed by atoms with E-state index in [2.05, 4.69) is 66.3 Å². The molecule has 0 aliphatic carbocycles. The van der Waals surface area contributed by atoms with Crippen molar-refractivity contribution in [2.45, 2.75) is 32.6 Å². The number of fused-ring (bicyclic) bond motifs is 1. The van der Waals surface area contributed by atoms with E-state index in [9.17, 15) is 0 Å². The van der Waals surface area contributed by atoms with Gasteiger partial charge >= 0.3 is 0 Å². The van der Waals surface area contributed by atoms with Gasteiger partial charge in [-0.15, -0.1) is 0 Å². The summed E-state index contributed by atoms with van der Waals surface area (Å²) >= 11 is 2.36. The van der Waals surface area contributed by atoms with Gasteiger partial charge in [-0.1, -0.05) is 0 Å². The van der Waals surface area contributed by atoms with Crippen molar-refractivity contribution in [3.63, 3.8) is 0 Å². The monoisotopic (exact) mass is 492 g/mol. The molecule has 28 heavy (non-hydrogen) atoms. The molecule has 1 fully saturated rings. The largest absolute Gasteiger partial charge is 0.347 e. The summed E-state index contributed by atoms with van der Waals surface area (Å²) in [7, 11) is 1.94. The Kier molecular flexibility index (Phi) is 5.91. The molecular formula is C20H25IN6O. The van der Waals surface area contributed by atoms with Crippen LogP contribution in [0.2, 0.25) is 0 Å². The molecule has 0 saturated carbocycles. The van der Waals surface area contributed by atoms with Gasteiger partial charge in [-0.25, -0.2) is 15.0 Å². The van der Waals surface area contributed by atoms with Crippen molar-refractivity contribution in [2.75, 3.05) is 31.6 Å². The van der Waals surface area contributed by atoms with E-state index >= 15 is 0 Å². The molecule has 8 heteroatoms. The number of hydrogen-bond acceptors (Lipinski definition) is 7. The molecule has 4 rings (SSSR count). The number of nitrogens with zero attached hydrogens (tertiary/aromatic N) is 4. The standard InChI is InChI=1S/C20H25IN6O/c1-12-17(26-13(2)18-20(28-18)23-8-7-22-3)19(25-11-24-12)27-9-6-14-10-15(21)4-5-16(14)27/h4-5,10-11,18,20,22-23H,6-9H2,1-3H3/b26-13+. The number of hydrogen-bond donors (Lipinski definition) is 2. The summed E-state index contributed by atoms with van der Waals surface area (Å²) in [6.45, 7) is 6.68. The topological polar surface area (TPSA) is 78.0 Å². The maximum Gasteiger partial charge on any atom is 0.162 e. The van der Waals surface area contributed by atoms with Crippen molar-refractivity contribution in [1.82, 2.24) is 20.6 Å². The van der Waals surface area contributed by atoms with Gasteiger partial charge in [0.25, 0.3) is 0 Å². The molecule has 148 valence electrons. The first-order chi connectivity index (χ1) is 13.6. The zero-order valence-electron chi connectivity index (χ0n) is 16.4. The van der Waals surface area contributed by atoms with Crippen LogP contribution in [0.4, 0.5) is 17.2 Å². The molecule has 3 heterocycles. The number of aromatic nitrogens is 2. The van der Waals surface area contributed by atoms with Gasteiger partial charge in [-0.3, -0.25) is 5.32 Å². The second-order valence-electron chi connectivity index (χ2n) is 7.09. The molecular weight excluding hydrogens is 467 g/mol. The van der Waals surface area contributed by atoms with Crippen molar-refractivity contribution < 1.29 is 4.74 Å². The molecule has 1 aromatic heterocycles. The van der Waals surface area contributed by atoms with Crippen LogP contribution in [0.15, 0.2) is 29.5 Å². The number of aliphatic imine (C=N–C) groups is 1. The normalized spacial score (nSPS) is 21.1. The lowest BCUT2D eigenvalue weighted by Gasteiger charge is -2.20. The molecule has 2 aromatic rings. The fraction of sp³-hybridized carbons (Fsp3) is 0.450. The van der Waals surface area contributed by atoms with Crippen LogP contribution < -0.4 is 15.5 Å². The lowest BCUT2D eigenvalue weighted by Crippen LogP contribution is -2.29. The van der Waals surface area contributed by atoms with E-state index in [0.717, 1.165) is 49.0 Å². The molecule has 1 aromatic carbocycles. The highest BCUT2D eigenvalue weighted by atomic mass is 127. The fourth-order valence-corrected chi connectivity index (χ4v) is 4.09. The van der Waals surface area contributed by atoms with Crippen LogP contribution in [0, 0.1) is 10.5 Å². The zero-order valence-corrected chi connectivity index (χ0v) is 18.5. The predicted octanol–water partition coefficient (Wildman–Crippen LogP) is 2.71. The number of likely N-dealkylation sites (N-methyl/N-ethyl adjacent to an activating group) is 1. The summed E-state index contributed by atoms with van der Waals surface area (Å²) < 4.78 is 7.01. The Hall–Kier alpha value is -1.62. The van der Waals surface area contributed by atoms with Gasteiger partial charge in [0.15, 0.2) is 5.82 Å². The van der Waals surface area contributed by atoms with Crippen LogP contribution in [0.5, 0.6) is 0 Å². The van der Waals surface area contributed by atoms with Crippen molar-refractivity contribution in [1.29, 1.82) is 0 Å². The summed E-state index contributed by atoms with van der Waals surface area (Å²) in [5, 5.41) is 6.49. The SMILES string of the molecule is CNCCNC1OC1/C(C)=N/c1c(C)ncnc1N1CCc2cc(I)ccc21. The predicted molar refractivity (Wildman–Crippen MR) is 120 cm³/mol. The number of ether oxygens (including phenoxy) is 1. The first-order valence-electron chi connectivity index (χ1n) is 9.54. The Morgan fingerprint density at radius 2 is 2.21 bits per heavy atom. The lowest BCUT2D eigenvalue weighted by molar-refractivity contribution is 0.360. The summed E-state index contributed by atoms with van der Waals surface area (Å²) in [5.74, 6) is 0.868. The van der Waals surface area contributed by atoms with Crippen LogP contribution in [-0.4, -0.2) is 54.7 Å². The smallest absolute Gasteiger partial charge is 0.162 e. The maximum atomic E-state index is 5.75. The van der Waals surface area contributed by atoms with Crippen molar-refractivity contribution in [3.05, 3.63) is 39.4 Å². The minimum Gasteiger partial charge on any atom is -0.347 e. The third-order valence-corrected chi connectivity index (χ3v) is 5.76. The number of epoxide rings is 1. The minimum atomic E-state index is 0.0109. The van der Waals surface area contributed by atoms with E-state index in [1.807, 2.05) is 20.9 Å². The van der Waals surface area contributed by atoms with Crippen LogP contribution in [-0.2, 0) is 11.2 Å². The summed E-state index contributed by atoms with van der Waals surface area (Å²) in [6, 6.07) is 6.56. The maximum absolute atomic E-state index is 5.75. The highest BCUT2D eigenvalue weighted by Crippen LogP contribution is 2.40. The molecule has 2 aliphatic heterocycles. The van der Waals surface area contributed by atoms with Crippen molar-refractivity contribution in [2.24, 2.45) is 4.99 Å². The average molecular weight is 492 g/mol. The first-order valence-corrected chi connectivity index (χ1v) is 10.6. The second kappa shape index (κ2) is 8.40. The Bertz CT molecular complexity index is 902. The number of nitrogens with one attached hydrogen (secondary N) is 2. The lowest BCUT2D eigenvalue weighted by atomic mass is 10.2. The molecule has 0 spiro atoms. The van der Waals surface area contributed by atoms with E-state index in [4.69, 9.17) is 9.73 Å². The Labute approximate surface area is 179 Å². The summed E-state index contributed by atoms with van der Waals surface area (Å²) in [4.78, 5) is 16.1. The molecule has 2 atom stereocenters. The Morgan fingerprint density at radius 3 is 3.04 bits per heavy atom. The van der Waals surface area contributed by atoms with Crippen molar-refractivity contribution in [3.8, 4) is 0 Å². The molecule has 0 radical (unpaired) electrons. The van der Waals surface area contributed by atoms with E-state index in [-0.39, 0.29) is 12.3 Å². The Balaban J connectivity index is 1.58. The number of rotatable bonds is 7. The molecule has 0 amide bonds. The molecule has 2 aliphatic rings. The van der Waals surface area contributed by atoms with Gasteiger partial charge in [-0.2, -0.15) is 0 Å². The van der Waals surface area contributed by atoms with Gasteiger partial charge in [0.05, 0.1) is 5.69 Å². The van der Waals surface area contributed by atoms with Crippen LogP contribution >= 0.6 is 22.6 Å². The van der Waals surface area contributed by atoms with Gasteiger partial charge in [0, 0.05) is 34.6 Å². The molecule has 1 saturated heterocycles. The zero-order chi connectivity index (χ0) is 19.7. The van der Waals surface area contributed by atoms with Crippen LogP contribution in [0.3, 0.4) is 0 Å². The van der Waals surface area contributed by atoms with Crippen LogP contribution in [0.25, 0.3) is 0 Å². The van der Waals surface area contributed by atoms with E-state index in [1.54, 1.807) is 6.33 Å². The highest BCUT2D eigenvalue weighted by molar-refractivity contribution is 14.1. The van der Waals surface area contributed by atoms with Gasteiger partial charge < -0.3 is 15.0 Å². The summed E-state index contributed by atoms with van der Waals surface area (Å²) in [6.07, 6.45) is 2.69. The van der Waals surface area contributed by atoms with E-state index < -0.39 is 0 Å². The number of benzene rings is 1. The van der Waals surface area contributed by atoms with Gasteiger partial charge in [0.1, 0.15) is 24.3 Å². The quantitative estimate of drug-likeness (QED) is 0.268. The third kappa shape index (κ3) is 4.05. The number of anilines is 2. The molecule has 0 bridgehead atoms. The van der Waals surface area contributed by atoms with Gasteiger partial charge in [-0.05, 0) is 73.7 Å². The van der Waals surface area contributed by atoms with Gasteiger partial charge in [0.2, 0.25) is 0 Å². The third-order valence-electron chi connectivity index (χ3n) is 5.09. The highest BCUT2D eigenvalue weighted by Gasteiger charge is 2.41. The average Bonchev–Trinajstić information content (AvgIpc) is 3.34. The first kappa shape index (κ1) is 19.7. The molecule has 2 unspecified atom stereocenters. The summed E-state index contributed by atoms with van der Waals surface area (Å²) in [5.41, 5.74) is 5.22. The van der Waals surface area contributed by atoms with E-state index in [0.29, 0.717) is 0 Å².